The second kappa shape index (κ2) is 4.31. The van der Waals surface area contributed by atoms with Crippen molar-refractivity contribution in [3.8, 4) is 0 Å². The van der Waals surface area contributed by atoms with Crippen LogP contribution < -0.4 is 0 Å². The Morgan fingerprint density at radius 3 is 2.89 bits per heavy atom. The Balaban J connectivity index is 2.06. The molecule has 0 atom stereocenters. The zero-order chi connectivity index (χ0) is 12.5. The highest BCUT2D eigenvalue weighted by Gasteiger charge is 2.07. The molecule has 90 valence electrons. The number of hydrogen-bond donors (Lipinski definition) is 1. The summed E-state index contributed by atoms with van der Waals surface area (Å²) >= 11 is 1.70. The summed E-state index contributed by atoms with van der Waals surface area (Å²) < 4.78 is 2.08. The van der Waals surface area contributed by atoms with E-state index in [9.17, 15) is 4.79 Å². The maximum absolute atomic E-state index is 11.0. The van der Waals surface area contributed by atoms with Crippen LogP contribution in [0, 0.1) is 0 Å². The van der Waals surface area contributed by atoms with Crippen LogP contribution in [0.4, 0.5) is 0 Å². The number of fused-ring (bicyclic) bond motifs is 1. The molecular weight excluding hydrogens is 246 g/mol. The number of benzene rings is 1. The summed E-state index contributed by atoms with van der Waals surface area (Å²) in [6, 6.07) is 11.3. The molecule has 3 nitrogen and oxygen atoms in total. The molecule has 0 fully saturated rings. The van der Waals surface area contributed by atoms with Gasteiger partial charge in [0.25, 0.3) is 0 Å². The van der Waals surface area contributed by atoms with Crippen molar-refractivity contribution in [3.63, 3.8) is 0 Å². The molecule has 0 spiro atoms. The summed E-state index contributed by atoms with van der Waals surface area (Å²) in [5.74, 6) is -0.888. The summed E-state index contributed by atoms with van der Waals surface area (Å²) in [5, 5.41) is 12.1. The smallest absolute Gasteiger partial charge is 0.335 e. The summed E-state index contributed by atoms with van der Waals surface area (Å²) in [6.07, 6.45) is 2.00. The maximum Gasteiger partial charge on any atom is 0.335 e. The summed E-state index contributed by atoms with van der Waals surface area (Å²) in [4.78, 5) is 12.2. The molecule has 0 aliphatic rings. The van der Waals surface area contributed by atoms with Gasteiger partial charge in [0, 0.05) is 16.6 Å². The van der Waals surface area contributed by atoms with Gasteiger partial charge in [-0.25, -0.2) is 4.79 Å². The van der Waals surface area contributed by atoms with Gasteiger partial charge in [-0.2, -0.15) is 0 Å². The Hall–Kier alpha value is -2.07. The van der Waals surface area contributed by atoms with Crippen LogP contribution in [0.2, 0.25) is 0 Å². The van der Waals surface area contributed by atoms with E-state index in [4.69, 9.17) is 5.11 Å². The van der Waals surface area contributed by atoms with Crippen LogP contribution in [0.15, 0.2) is 48.0 Å². The number of carboxylic acid groups (broad SMARTS) is 1. The van der Waals surface area contributed by atoms with Crippen LogP contribution in [0.1, 0.15) is 15.2 Å². The molecule has 1 aromatic carbocycles. The van der Waals surface area contributed by atoms with E-state index in [0.717, 1.165) is 17.4 Å². The normalized spacial score (nSPS) is 10.9. The third-order valence-electron chi connectivity index (χ3n) is 2.93. The first kappa shape index (κ1) is 11.0. The van der Waals surface area contributed by atoms with Crippen LogP contribution in [-0.4, -0.2) is 15.6 Å². The zero-order valence-electron chi connectivity index (χ0n) is 9.54. The van der Waals surface area contributed by atoms with Gasteiger partial charge in [-0.1, -0.05) is 12.1 Å². The molecule has 0 radical (unpaired) electrons. The van der Waals surface area contributed by atoms with Gasteiger partial charge in [-0.3, -0.25) is 0 Å². The second-order valence-corrected chi connectivity index (χ2v) is 5.13. The van der Waals surface area contributed by atoms with Crippen molar-refractivity contribution in [3.05, 3.63) is 58.4 Å². The highest BCUT2D eigenvalue weighted by Crippen LogP contribution is 2.20. The van der Waals surface area contributed by atoms with Crippen LogP contribution >= 0.6 is 11.3 Å². The van der Waals surface area contributed by atoms with Gasteiger partial charge in [0.15, 0.2) is 0 Å². The average Bonchev–Trinajstić information content (AvgIpc) is 2.99. The molecule has 0 unspecified atom stereocenters. The van der Waals surface area contributed by atoms with E-state index in [2.05, 4.69) is 10.6 Å². The number of carbonyl (C=O) groups is 1. The molecule has 0 amide bonds. The first-order valence-corrected chi connectivity index (χ1v) is 6.46. The van der Waals surface area contributed by atoms with Crippen LogP contribution in [0.25, 0.3) is 10.9 Å². The molecule has 4 heteroatoms. The Kier molecular flexibility index (Phi) is 2.64. The molecular formula is C14H11NO2S. The van der Waals surface area contributed by atoms with E-state index in [1.54, 1.807) is 23.5 Å². The summed E-state index contributed by atoms with van der Waals surface area (Å²) in [7, 11) is 0. The SMILES string of the molecule is O=C(O)c1ccc2ccn(Cc3cccs3)c2c1. The van der Waals surface area contributed by atoms with Crippen molar-refractivity contribution >= 4 is 28.2 Å². The van der Waals surface area contributed by atoms with Gasteiger partial charge in [-0.15, -0.1) is 11.3 Å². The fourth-order valence-electron chi connectivity index (χ4n) is 2.03. The van der Waals surface area contributed by atoms with E-state index in [1.165, 1.54) is 4.88 Å². The first-order chi connectivity index (χ1) is 8.74. The molecule has 0 saturated carbocycles. The van der Waals surface area contributed by atoms with Gasteiger partial charge < -0.3 is 9.67 Å². The first-order valence-electron chi connectivity index (χ1n) is 5.58. The van der Waals surface area contributed by atoms with E-state index in [-0.39, 0.29) is 0 Å². The van der Waals surface area contributed by atoms with Crippen LogP contribution in [0.5, 0.6) is 0 Å². The molecule has 0 saturated heterocycles. The van der Waals surface area contributed by atoms with Gasteiger partial charge in [-0.05, 0) is 35.0 Å². The van der Waals surface area contributed by atoms with Crippen molar-refractivity contribution in [2.75, 3.05) is 0 Å². The van der Waals surface area contributed by atoms with Crippen molar-refractivity contribution in [1.29, 1.82) is 0 Å². The predicted molar refractivity (Wildman–Crippen MR) is 72.3 cm³/mol. The minimum atomic E-state index is -0.888. The van der Waals surface area contributed by atoms with Crippen molar-refractivity contribution < 1.29 is 9.90 Å². The lowest BCUT2D eigenvalue weighted by Crippen LogP contribution is -1.99. The molecule has 0 aliphatic heterocycles. The summed E-state index contributed by atoms with van der Waals surface area (Å²) in [5.41, 5.74) is 1.29. The Morgan fingerprint density at radius 1 is 1.28 bits per heavy atom. The average molecular weight is 257 g/mol. The molecule has 3 rings (SSSR count). The minimum Gasteiger partial charge on any atom is -0.478 e. The molecule has 1 N–H and O–H groups in total. The maximum atomic E-state index is 11.0. The number of carboxylic acids is 1. The number of thiophene rings is 1. The summed E-state index contributed by atoms with van der Waals surface area (Å²) in [6.45, 7) is 0.782. The highest BCUT2D eigenvalue weighted by molar-refractivity contribution is 7.09. The number of aromatic carboxylic acids is 1. The Morgan fingerprint density at radius 2 is 2.17 bits per heavy atom. The van der Waals surface area contributed by atoms with E-state index in [1.807, 2.05) is 29.8 Å². The molecule has 0 bridgehead atoms. The third kappa shape index (κ3) is 1.91. The highest BCUT2D eigenvalue weighted by atomic mass is 32.1. The van der Waals surface area contributed by atoms with Crippen molar-refractivity contribution in [2.24, 2.45) is 0 Å². The fourth-order valence-corrected chi connectivity index (χ4v) is 2.73. The lowest BCUT2D eigenvalue weighted by atomic mass is 10.1. The topological polar surface area (TPSA) is 42.2 Å². The van der Waals surface area contributed by atoms with E-state index in [0.29, 0.717) is 5.56 Å². The monoisotopic (exact) mass is 257 g/mol. The lowest BCUT2D eigenvalue weighted by molar-refractivity contribution is 0.0697. The van der Waals surface area contributed by atoms with E-state index >= 15 is 0 Å². The molecule has 0 aliphatic carbocycles. The van der Waals surface area contributed by atoms with Gasteiger partial charge in [0.2, 0.25) is 0 Å². The predicted octanol–water partition coefficient (Wildman–Crippen LogP) is 3.45. The van der Waals surface area contributed by atoms with Gasteiger partial charge >= 0.3 is 5.97 Å². The minimum absolute atomic E-state index is 0.327. The molecule has 3 aromatic rings. The largest absolute Gasteiger partial charge is 0.478 e. The fraction of sp³-hybridized carbons (Fsp3) is 0.0714. The molecule has 18 heavy (non-hydrogen) atoms. The lowest BCUT2D eigenvalue weighted by Gasteiger charge is -2.04. The number of nitrogens with zero attached hydrogens (tertiary/aromatic N) is 1. The zero-order valence-corrected chi connectivity index (χ0v) is 10.4. The number of hydrogen-bond acceptors (Lipinski definition) is 2. The van der Waals surface area contributed by atoms with Crippen LogP contribution in [0.3, 0.4) is 0 Å². The van der Waals surface area contributed by atoms with Crippen LogP contribution in [-0.2, 0) is 6.54 Å². The van der Waals surface area contributed by atoms with E-state index < -0.39 is 5.97 Å². The standard InChI is InChI=1S/C14H11NO2S/c16-14(17)11-4-3-10-5-6-15(13(10)8-11)9-12-2-1-7-18-12/h1-8H,9H2,(H,16,17). The van der Waals surface area contributed by atoms with Crippen molar-refractivity contribution in [2.45, 2.75) is 6.54 Å². The molecule has 2 aromatic heterocycles. The quantitative estimate of drug-likeness (QED) is 0.780. The van der Waals surface area contributed by atoms with Gasteiger partial charge in [0.1, 0.15) is 0 Å². The Bertz CT molecular complexity index is 698. The third-order valence-corrected chi connectivity index (χ3v) is 3.79. The van der Waals surface area contributed by atoms with Gasteiger partial charge in [0.05, 0.1) is 12.1 Å². The van der Waals surface area contributed by atoms with Crippen molar-refractivity contribution in [1.82, 2.24) is 4.57 Å². The molecule has 2 heterocycles. The second-order valence-electron chi connectivity index (χ2n) is 4.10. The Labute approximate surface area is 108 Å². The number of rotatable bonds is 3. The number of aromatic nitrogens is 1.